The molecule has 0 N–H and O–H groups in total. The monoisotopic (exact) mass is 312 g/mol. The molecule has 0 aliphatic rings. The van der Waals surface area contributed by atoms with Crippen molar-refractivity contribution in [3.05, 3.63) is 58.1 Å². The average molecular weight is 313 g/mol. The van der Waals surface area contributed by atoms with Crippen LogP contribution in [0, 0.1) is 11.6 Å². The zero-order valence-corrected chi connectivity index (χ0v) is 10.6. The Kier molecular flexibility index (Phi) is 3.72. The lowest BCUT2D eigenvalue weighted by molar-refractivity contribution is 0.112. The summed E-state index contributed by atoms with van der Waals surface area (Å²) in [5.41, 5.74) is 0.466. The van der Waals surface area contributed by atoms with E-state index in [-0.39, 0.29) is 5.75 Å². The van der Waals surface area contributed by atoms with E-state index in [2.05, 4.69) is 15.9 Å². The highest BCUT2D eigenvalue weighted by Gasteiger charge is 2.05. The van der Waals surface area contributed by atoms with Crippen molar-refractivity contribution in [3.63, 3.8) is 0 Å². The third-order valence-corrected chi connectivity index (χ3v) is 2.86. The quantitative estimate of drug-likeness (QED) is 0.788. The summed E-state index contributed by atoms with van der Waals surface area (Å²) >= 11 is 3.19. The van der Waals surface area contributed by atoms with Gasteiger partial charge in [0.05, 0.1) is 0 Å². The van der Waals surface area contributed by atoms with Crippen molar-refractivity contribution < 1.29 is 18.3 Å². The van der Waals surface area contributed by atoms with Crippen LogP contribution in [0.3, 0.4) is 0 Å². The molecule has 0 amide bonds. The third-order valence-electron chi connectivity index (χ3n) is 2.17. The summed E-state index contributed by atoms with van der Waals surface area (Å²) in [6.45, 7) is 0. The van der Waals surface area contributed by atoms with Crippen molar-refractivity contribution in [2.75, 3.05) is 0 Å². The second-order valence-corrected chi connectivity index (χ2v) is 4.36. The van der Waals surface area contributed by atoms with Crippen LogP contribution in [-0.4, -0.2) is 6.29 Å². The molecule has 0 aliphatic carbocycles. The number of ether oxygens (including phenoxy) is 1. The minimum Gasteiger partial charge on any atom is -0.457 e. The van der Waals surface area contributed by atoms with E-state index in [9.17, 15) is 13.6 Å². The van der Waals surface area contributed by atoms with E-state index < -0.39 is 11.6 Å². The summed E-state index contributed by atoms with van der Waals surface area (Å²) in [6.07, 6.45) is 0.690. The fraction of sp³-hybridized carbons (Fsp3) is 0. The van der Waals surface area contributed by atoms with Crippen molar-refractivity contribution in [3.8, 4) is 11.5 Å². The SMILES string of the molecule is O=Cc1ccc(Oc2cc(F)cc(F)c2)cc1Br. The summed E-state index contributed by atoms with van der Waals surface area (Å²) in [6, 6.07) is 7.54. The lowest BCUT2D eigenvalue weighted by Crippen LogP contribution is -1.89. The summed E-state index contributed by atoms with van der Waals surface area (Å²) in [7, 11) is 0. The fourth-order valence-corrected chi connectivity index (χ4v) is 1.84. The molecule has 5 heteroatoms. The highest BCUT2D eigenvalue weighted by molar-refractivity contribution is 9.10. The molecule has 2 nitrogen and oxygen atoms in total. The van der Waals surface area contributed by atoms with Gasteiger partial charge >= 0.3 is 0 Å². The second kappa shape index (κ2) is 5.27. The number of rotatable bonds is 3. The van der Waals surface area contributed by atoms with Gasteiger partial charge in [-0.2, -0.15) is 0 Å². The van der Waals surface area contributed by atoms with Crippen LogP contribution in [0.1, 0.15) is 10.4 Å². The van der Waals surface area contributed by atoms with E-state index in [0.29, 0.717) is 22.1 Å². The zero-order chi connectivity index (χ0) is 13.1. The van der Waals surface area contributed by atoms with Gasteiger partial charge in [0.15, 0.2) is 6.29 Å². The maximum absolute atomic E-state index is 13.0. The summed E-state index contributed by atoms with van der Waals surface area (Å²) < 4.78 is 31.7. The van der Waals surface area contributed by atoms with Crippen LogP contribution in [0.25, 0.3) is 0 Å². The number of halogens is 3. The Hall–Kier alpha value is -1.75. The van der Waals surface area contributed by atoms with E-state index in [1.54, 1.807) is 12.1 Å². The lowest BCUT2D eigenvalue weighted by Gasteiger charge is -2.07. The molecular formula is C13H7BrF2O2. The Morgan fingerprint density at radius 1 is 1.00 bits per heavy atom. The molecule has 0 saturated heterocycles. The van der Waals surface area contributed by atoms with Gasteiger partial charge in [-0.3, -0.25) is 4.79 Å². The number of aldehydes is 1. The average Bonchev–Trinajstić information content (AvgIpc) is 2.27. The highest BCUT2D eigenvalue weighted by atomic mass is 79.9. The van der Waals surface area contributed by atoms with Gasteiger partial charge in [-0.05, 0) is 34.1 Å². The minimum absolute atomic E-state index is 0.0539. The predicted octanol–water partition coefficient (Wildman–Crippen LogP) is 4.33. The Bertz CT molecular complexity index is 579. The van der Waals surface area contributed by atoms with E-state index in [1.165, 1.54) is 6.07 Å². The molecule has 0 fully saturated rings. The van der Waals surface area contributed by atoms with Crippen molar-refractivity contribution in [2.45, 2.75) is 0 Å². The van der Waals surface area contributed by atoms with Gasteiger partial charge in [0.1, 0.15) is 23.1 Å². The summed E-state index contributed by atoms with van der Waals surface area (Å²) in [5.74, 6) is -1.00. The van der Waals surface area contributed by atoms with Crippen molar-refractivity contribution in [1.82, 2.24) is 0 Å². The number of hydrogen-bond acceptors (Lipinski definition) is 2. The largest absolute Gasteiger partial charge is 0.457 e. The molecule has 0 aliphatic heterocycles. The van der Waals surface area contributed by atoms with Crippen LogP contribution in [0.4, 0.5) is 8.78 Å². The van der Waals surface area contributed by atoms with Crippen LogP contribution in [0.5, 0.6) is 11.5 Å². The molecule has 0 saturated carbocycles. The predicted molar refractivity (Wildman–Crippen MR) is 66.0 cm³/mol. The number of hydrogen-bond donors (Lipinski definition) is 0. The number of carbonyl (C=O) groups excluding carboxylic acids is 1. The summed E-state index contributed by atoms with van der Waals surface area (Å²) in [5, 5.41) is 0. The van der Waals surface area contributed by atoms with Gasteiger partial charge < -0.3 is 4.74 Å². The molecule has 92 valence electrons. The van der Waals surface area contributed by atoms with Crippen molar-refractivity contribution >= 4 is 22.2 Å². The van der Waals surface area contributed by atoms with Gasteiger partial charge in [0, 0.05) is 28.2 Å². The summed E-state index contributed by atoms with van der Waals surface area (Å²) in [4.78, 5) is 10.6. The molecular weight excluding hydrogens is 306 g/mol. The molecule has 2 aromatic carbocycles. The van der Waals surface area contributed by atoms with Gasteiger partial charge in [0.25, 0.3) is 0 Å². The first-order chi connectivity index (χ1) is 8.58. The molecule has 0 heterocycles. The molecule has 0 spiro atoms. The number of benzene rings is 2. The topological polar surface area (TPSA) is 26.3 Å². The van der Waals surface area contributed by atoms with E-state index >= 15 is 0 Å². The number of carbonyl (C=O) groups is 1. The Labute approximate surface area is 110 Å². The maximum Gasteiger partial charge on any atom is 0.151 e. The normalized spacial score (nSPS) is 10.2. The molecule has 0 atom stereocenters. The smallest absolute Gasteiger partial charge is 0.151 e. The zero-order valence-electron chi connectivity index (χ0n) is 8.99. The Morgan fingerprint density at radius 3 is 2.22 bits per heavy atom. The first-order valence-corrected chi connectivity index (χ1v) is 5.76. The van der Waals surface area contributed by atoms with Crippen LogP contribution >= 0.6 is 15.9 Å². The van der Waals surface area contributed by atoms with Crippen molar-refractivity contribution in [2.24, 2.45) is 0 Å². The third kappa shape index (κ3) is 2.92. The molecule has 0 radical (unpaired) electrons. The van der Waals surface area contributed by atoms with E-state index in [0.717, 1.165) is 18.2 Å². The fourth-order valence-electron chi connectivity index (χ4n) is 1.39. The maximum atomic E-state index is 13.0. The second-order valence-electron chi connectivity index (χ2n) is 3.51. The molecule has 0 bridgehead atoms. The van der Waals surface area contributed by atoms with E-state index in [1.807, 2.05) is 0 Å². The highest BCUT2D eigenvalue weighted by Crippen LogP contribution is 2.27. The van der Waals surface area contributed by atoms with Gasteiger partial charge in [-0.25, -0.2) is 8.78 Å². The van der Waals surface area contributed by atoms with Gasteiger partial charge in [-0.1, -0.05) is 0 Å². The molecule has 0 unspecified atom stereocenters. The van der Waals surface area contributed by atoms with Crippen molar-refractivity contribution in [1.29, 1.82) is 0 Å². The Morgan fingerprint density at radius 2 is 1.67 bits per heavy atom. The molecule has 18 heavy (non-hydrogen) atoms. The van der Waals surface area contributed by atoms with Gasteiger partial charge in [-0.15, -0.1) is 0 Å². The molecule has 2 rings (SSSR count). The van der Waals surface area contributed by atoms with Crippen LogP contribution in [0.2, 0.25) is 0 Å². The first kappa shape index (κ1) is 12.7. The molecule has 2 aromatic rings. The van der Waals surface area contributed by atoms with Crippen LogP contribution < -0.4 is 4.74 Å². The molecule has 0 aromatic heterocycles. The lowest BCUT2D eigenvalue weighted by atomic mass is 10.2. The van der Waals surface area contributed by atoms with Gasteiger partial charge in [0.2, 0.25) is 0 Å². The van der Waals surface area contributed by atoms with E-state index in [4.69, 9.17) is 4.74 Å². The standard InChI is InChI=1S/C13H7BrF2O2/c14-13-6-11(2-1-8(13)7-17)18-12-4-9(15)3-10(16)5-12/h1-7H. The first-order valence-electron chi connectivity index (χ1n) is 4.97. The minimum atomic E-state index is -0.714. The Balaban J connectivity index is 2.28. The van der Waals surface area contributed by atoms with Crippen LogP contribution in [-0.2, 0) is 0 Å². The van der Waals surface area contributed by atoms with Crippen LogP contribution in [0.15, 0.2) is 40.9 Å².